The molecule has 2 heterocycles. The number of amides is 2. The average Bonchev–Trinajstić information content (AvgIpc) is 3.29. The van der Waals surface area contributed by atoms with Gasteiger partial charge in [-0.15, -0.1) is 11.8 Å². The fourth-order valence-electron chi connectivity index (χ4n) is 4.09. The first kappa shape index (κ1) is 24.9. The zero-order valence-corrected chi connectivity index (χ0v) is 20.8. The van der Waals surface area contributed by atoms with Crippen LogP contribution in [0.15, 0.2) is 64.0 Å². The average molecular weight is 497 g/mol. The van der Waals surface area contributed by atoms with Gasteiger partial charge in [-0.1, -0.05) is 17.3 Å². The lowest BCUT2D eigenvalue weighted by molar-refractivity contribution is -0.120. The molecular formula is C26H29FN4O3S. The number of aryl methyl sites for hydroxylation is 1. The molecule has 1 saturated heterocycles. The fourth-order valence-corrected chi connectivity index (χ4v) is 5.01. The van der Waals surface area contributed by atoms with Crippen LogP contribution in [0.1, 0.15) is 28.7 Å². The highest BCUT2D eigenvalue weighted by molar-refractivity contribution is 7.98. The number of halogens is 1. The van der Waals surface area contributed by atoms with Gasteiger partial charge in [0, 0.05) is 55.1 Å². The molecule has 2 amide bonds. The number of anilines is 1. The van der Waals surface area contributed by atoms with Crippen molar-refractivity contribution in [3.8, 4) is 0 Å². The fraction of sp³-hybridized carbons (Fsp3) is 0.346. The molecule has 1 fully saturated rings. The molecule has 0 saturated carbocycles. The molecule has 0 spiro atoms. The van der Waals surface area contributed by atoms with Crippen LogP contribution < -0.4 is 4.90 Å². The van der Waals surface area contributed by atoms with Gasteiger partial charge in [-0.05, 0) is 50.2 Å². The topological polar surface area (TPSA) is 69.9 Å². The number of rotatable bonds is 8. The van der Waals surface area contributed by atoms with Crippen molar-refractivity contribution in [2.45, 2.75) is 24.5 Å². The van der Waals surface area contributed by atoms with Gasteiger partial charge in [0.2, 0.25) is 5.91 Å². The first-order valence-electron chi connectivity index (χ1n) is 11.7. The van der Waals surface area contributed by atoms with E-state index in [-0.39, 0.29) is 24.2 Å². The maximum absolute atomic E-state index is 13.3. The van der Waals surface area contributed by atoms with Crippen LogP contribution in [0.4, 0.5) is 10.1 Å². The number of carbonyl (C=O) groups excluding carboxylic acids is 2. The molecule has 35 heavy (non-hydrogen) atoms. The molecule has 0 bridgehead atoms. The molecular weight excluding hydrogens is 467 g/mol. The normalized spacial score (nSPS) is 14.2. The Morgan fingerprint density at radius 1 is 1.09 bits per heavy atom. The molecule has 0 N–H and O–H groups in total. The number of piperazine rings is 1. The van der Waals surface area contributed by atoms with Crippen molar-refractivity contribution in [2.75, 3.05) is 44.2 Å². The van der Waals surface area contributed by atoms with Crippen molar-refractivity contribution in [3.63, 3.8) is 0 Å². The largest absolute Gasteiger partial charge is 0.361 e. The van der Waals surface area contributed by atoms with Crippen LogP contribution in [0.5, 0.6) is 0 Å². The standard InChI is InChI=1S/C26H29FN4O3S/c1-3-31(22-10-8-20(27)9-11-22)25(32)17-29-12-14-30(15-13-29)26(33)23-6-4-5-7-24(23)35-18-21-16-19(2)34-28-21/h4-11,16H,3,12-15,17-18H2,1-2H3. The van der Waals surface area contributed by atoms with E-state index < -0.39 is 0 Å². The molecule has 184 valence electrons. The van der Waals surface area contributed by atoms with Crippen molar-refractivity contribution in [2.24, 2.45) is 0 Å². The van der Waals surface area contributed by atoms with Gasteiger partial charge < -0.3 is 14.3 Å². The van der Waals surface area contributed by atoms with Crippen LogP contribution in [-0.2, 0) is 10.5 Å². The first-order valence-corrected chi connectivity index (χ1v) is 12.6. The molecule has 0 aliphatic carbocycles. The number of carbonyl (C=O) groups is 2. The van der Waals surface area contributed by atoms with Crippen molar-refractivity contribution < 1.29 is 18.5 Å². The molecule has 4 rings (SSSR count). The SMILES string of the molecule is CCN(C(=O)CN1CCN(C(=O)c2ccccc2SCc2cc(C)on2)CC1)c1ccc(F)cc1. The third-order valence-corrected chi connectivity index (χ3v) is 7.05. The highest BCUT2D eigenvalue weighted by Gasteiger charge is 2.26. The number of hydrogen-bond donors (Lipinski definition) is 0. The smallest absolute Gasteiger partial charge is 0.255 e. The van der Waals surface area contributed by atoms with E-state index in [1.54, 1.807) is 28.8 Å². The summed E-state index contributed by atoms with van der Waals surface area (Å²) in [4.78, 5) is 32.7. The predicted octanol–water partition coefficient (Wildman–Crippen LogP) is 4.23. The van der Waals surface area contributed by atoms with Crippen LogP contribution in [0.2, 0.25) is 0 Å². The van der Waals surface area contributed by atoms with Crippen molar-refractivity contribution in [3.05, 3.63) is 77.4 Å². The molecule has 0 unspecified atom stereocenters. The number of aromatic nitrogens is 1. The minimum absolute atomic E-state index is 0.00286. The van der Waals surface area contributed by atoms with E-state index in [9.17, 15) is 14.0 Å². The summed E-state index contributed by atoms with van der Waals surface area (Å²) in [5.74, 6) is 1.02. The van der Waals surface area contributed by atoms with Gasteiger partial charge in [-0.25, -0.2) is 4.39 Å². The molecule has 0 radical (unpaired) electrons. The second-order valence-electron chi connectivity index (χ2n) is 8.40. The van der Waals surface area contributed by atoms with E-state index in [1.165, 1.54) is 12.1 Å². The summed E-state index contributed by atoms with van der Waals surface area (Å²) in [5, 5.41) is 4.02. The van der Waals surface area contributed by atoms with E-state index in [2.05, 4.69) is 10.1 Å². The third kappa shape index (κ3) is 6.29. The van der Waals surface area contributed by atoms with Crippen LogP contribution in [-0.4, -0.2) is 66.0 Å². The van der Waals surface area contributed by atoms with Gasteiger partial charge in [-0.2, -0.15) is 0 Å². The minimum Gasteiger partial charge on any atom is -0.361 e. The van der Waals surface area contributed by atoms with E-state index in [1.807, 2.05) is 49.1 Å². The number of thioether (sulfide) groups is 1. The van der Waals surface area contributed by atoms with Crippen LogP contribution in [0.3, 0.4) is 0 Å². The Bertz CT molecular complexity index is 1160. The monoisotopic (exact) mass is 496 g/mol. The highest BCUT2D eigenvalue weighted by Crippen LogP contribution is 2.27. The summed E-state index contributed by atoms with van der Waals surface area (Å²) >= 11 is 1.57. The zero-order valence-electron chi connectivity index (χ0n) is 19.9. The second-order valence-corrected chi connectivity index (χ2v) is 9.41. The first-order chi connectivity index (χ1) is 16.9. The maximum atomic E-state index is 13.3. The van der Waals surface area contributed by atoms with Crippen LogP contribution >= 0.6 is 11.8 Å². The lowest BCUT2D eigenvalue weighted by Crippen LogP contribution is -2.51. The molecule has 2 aromatic carbocycles. The lowest BCUT2D eigenvalue weighted by atomic mass is 10.1. The molecule has 9 heteroatoms. The molecule has 7 nitrogen and oxygen atoms in total. The summed E-state index contributed by atoms with van der Waals surface area (Å²) in [6, 6.07) is 15.5. The van der Waals surface area contributed by atoms with Crippen molar-refractivity contribution >= 4 is 29.3 Å². The number of likely N-dealkylation sites (N-methyl/N-ethyl adjacent to an activating group) is 1. The number of hydrogen-bond acceptors (Lipinski definition) is 6. The van der Waals surface area contributed by atoms with Crippen molar-refractivity contribution in [1.82, 2.24) is 15.0 Å². The van der Waals surface area contributed by atoms with E-state index in [4.69, 9.17) is 4.52 Å². The maximum Gasteiger partial charge on any atom is 0.255 e. The summed E-state index contributed by atoms with van der Waals surface area (Å²) in [6.07, 6.45) is 0. The molecule has 1 aliphatic rings. The highest BCUT2D eigenvalue weighted by atomic mass is 32.2. The Morgan fingerprint density at radius 3 is 2.46 bits per heavy atom. The molecule has 1 aliphatic heterocycles. The van der Waals surface area contributed by atoms with Crippen molar-refractivity contribution in [1.29, 1.82) is 0 Å². The molecule has 0 atom stereocenters. The zero-order chi connectivity index (χ0) is 24.8. The van der Waals surface area contributed by atoms with Gasteiger partial charge in [0.05, 0.1) is 17.8 Å². The summed E-state index contributed by atoms with van der Waals surface area (Å²) < 4.78 is 18.4. The Labute approximate surface area is 208 Å². The van der Waals surface area contributed by atoms with E-state index >= 15 is 0 Å². The number of nitrogens with zero attached hydrogens (tertiary/aromatic N) is 4. The lowest BCUT2D eigenvalue weighted by Gasteiger charge is -2.35. The van der Waals surface area contributed by atoms with Gasteiger partial charge in [0.1, 0.15) is 11.6 Å². The Kier molecular flexibility index (Phi) is 8.20. The summed E-state index contributed by atoms with van der Waals surface area (Å²) in [5.41, 5.74) is 2.20. The third-order valence-electron chi connectivity index (χ3n) is 5.94. The Morgan fingerprint density at radius 2 is 1.80 bits per heavy atom. The second kappa shape index (κ2) is 11.5. The summed E-state index contributed by atoms with van der Waals surface area (Å²) in [7, 11) is 0. The Hall–Kier alpha value is -3.17. The predicted molar refractivity (Wildman–Crippen MR) is 134 cm³/mol. The van der Waals surface area contributed by atoms with Gasteiger partial charge in [-0.3, -0.25) is 14.5 Å². The van der Waals surface area contributed by atoms with Gasteiger partial charge in [0.25, 0.3) is 5.91 Å². The summed E-state index contributed by atoms with van der Waals surface area (Å²) in [6.45, 7) is 6.86. The quantitative estimate of drug-likeness (QED) is 0.435. The van der Waals surface area contributed by atoms with Crippen LogP contribution in [0.25, 0.3) is 0 Å². The van der Waals surface area contributed by atoms with Gasteiger partial charge in [0.15, 0.2) is 0 Å². The van der Waals surface area contributed by atoms with E-state index in [0.717, 1.165) is 16.3 Å². The molecule has 1 aromatic heterocycles. The Balaban J connectivity index is 1.32. The number of benzene rings is 2. The van der Waals surface area contributed by atoms with E-state index in [0.29, 0.717) is 49.7 Å². The van der Waals surface area contributed by atoms with Gasteiger partial charge >= 0.3 is 0 Å². The minimum atomic E-state index is -0.328. The van der Waals surface area contributed by atoms with Crippen LogP contribution in [0, 0.1) is 12.7 Å². The molecule has 3 aromatic rings.